The smallest absolute Gasteiger partial charge is 0.228 e. The quantitative estimate of drug-likeness (QED) is 0.904. The van der Waals surface area contributed by atoms with Crippen LogP contribution in [0.5, 0.6) is 5.75 Å². The minimum absolute atomic E-state index is 0.0464. The number of hydrogen-bond donors (Lipinski definition) is 1. The Hall–Kier alpha value is -2.34. The number of hydrogen-bond acceptors (Lipinski definition) is 4. The molecule has 1 saturated carbocycles. The van der Waals surface area contributed by atoms with Gasteiger partial charge in [-0.25, -0.2) is 8.42 Å². The van der Waals surface area contributed by atoms with Crippen LogP contribution in [0.3, 0.4) is 0 Å². The van der Waals surface area contributed by atoms with Crippen LogP contribution < -0.4 is 10.1 Å². The lowest BCUT2D eigenvalue weighted by molar-refractivity contribution is -0.117. The van der Waals surface area contributed by atoms with Gasteiger partial charge in [0, 0.05) is 17.9 Å². The van der Waals surface area contributed by atoms with E-state index in [1.165, 1.54) is 12.1 Å². The summed E-state index contributed by atoms with van der Waals surface area (Å²) in [5, 5.41) is 2.85. The molecule has 0 saturated heterocycles. The molecule has 1 amide bonds. The van der Waals surface area contributed by atoms with Crippen LogP contribution in [-0.2, 0) is 14.6 Å². The summed E-state index contributed by atoms with van der Waals surface area (Å²) in [7, 11) is -1.61. The average molecular weight is 345 g/mol. The van der Waals surface area contributed by atoms with Gasteiger partial charge in [-0.1, -0.05) is 12.1 Å². The molecule has 0 aromatic heterocycles. The van der Waals surface area contributed by atoms with Gasteiger partial charge in [0.15, 0.2) is 9.84 Å². The largest absolute Gasteiger partial charge is 0.497 e. The molecule has 1 aliphatic rings. The van der Waals surface area contributed by atoms with Gasteiger partial charge in [-0.2, -0.15) is 0 Å². The van der Waals surface area contributed by atoms with E-state index in [0.717, 1.165) is 24.0 Å². The molecule has 3 rings (SSSR count). The molecular formula is C18H19NO4S. The molecule has 5 nitrogen and oxygen atoms in total. The van der Waals surface area contributed by atoms with Gasteiger partial charge in [-0.15, -0.1) is 0 Å². The molecule has 2 unspecified atom stereocenters. The second-order valence-electron chi connectivity index (χ2n) is 6.01. The maximum Gasteiger partial charge on any atom is 0.228 e. The van der Waals surface area contributed by atoms with Gasteiger partial charge < -0.3 is 10.1 Å². The number of rotatable bonds is 5. The number of amides is 1. The van der Waals surface area contributed by atoms with Crippen molar-refractivity contribution in [1.29, 1.82) is 0 Å². The number of ether oxygens (including phenoxy) is 1. The molecule has 24 heavy (non-hydrogen) atoms. The SMILES string of the molecule is COc1cccc(C2CC2C(=O)Nc2ccc(S(C)(=O)=O)cc2)c1. The fraction of sp³-hybridized carbons (Fsp3) is 0.278. The maximum atomic E-state index is 12.3. The second-order valence-corrected chi connectivity index (χ2v) is 8.03. The standard InChI is InChI=1S/C18H19NO4S/c1-23-14-5-3-4-12(10-14)16-11-17(16)18(20)19-13-6-8-15(9-7-13)24(2,21)22/h3-10,16-17H,11H2,1-2H3,(H,19,20). The van der Waals surface area contributed by atoms with E-state index in [0.29, 0.717) is 5.69 Å². The highest BCUT2D eigenvalue weighted by Gasteiger charge is 2.44. The average Bonchev–Trinajstić information content (AvgIpc) is 3.35. The van der Waals surface area contributed by atoms with Gasteiger partial charge in [0.25, 0.3) is 0 Å². The zero-order valence-electron chi connectivity index (χ0n) is 13.5. The van der Waals surface area contributed by atoms with Gasteiger partial charge in [0.1, 0.15) is 5.75 Å². The van der Waals surface area contributed by atoms with Crippen LogP contribution in [-0.4, -0.2) is 27.7 Å². The van der Waals surface area contributed by atoms with Crippen LogP contribution in [0.4, 0.5) is 5.69 Å². The minimum atomic E-state index is -3.23. The highest BCUT2D eigenvalue weighted by atomic mass is 32.2. The fourth-order valence-electron chi connectivity index (χ4n) is 2.75. The fourth-order valence-corrected chi connectivity index (χ4v) is 3.38. The van der Waals surface area contributed by atoms with Crippen molar-refractivity contribution in [1.82, 2.24) is 0 Å². The molecule has 126 valence electrons. The molecule has 1 fully saturated rings. The molecule has 0 bridgehead atoms. The zero-order valence-corrected chi connectivity index (χ0v) is 14.3. The Labute approximate surface area is 141 Å². The van der Waals surface area contributed by atoms with Gasteiger partial charge >= 0.3 is 0 Å². The van der Waals surface area contributed by atoms with Crippen LogP contribution in [0.25, 0.3) is 0 Å². The predicted octanol–water partition coefficient (Wildman–Crippen LogP) is 2.84. The van der Waals surface area contributed by atoms with Gasteiger partial charge in [-0.3, -0.25) is 4.79 Å². The first-order valence-corrected chi connectivity index (χ1v) is 9.52. The van der Waals surface area contributed by atoms with Crippen molar-refractivity contribution in [2.45, 2.75) is 17.2 Å². The number of sulfone groups is 1. The Morgan fingerprint density at radius 3 is 2.50 bits per heavy atom. The third-order valence-corrected chi connectivity index (χ3v) is 5.33. The second kappa shape index (κ2) is 6.28. The summed E-state index contributed by atoms with van der Waals surface area (Å²) in [4.78, 5) is 12.6. The molecular weight excluding hydrogens is 326 g/mol. The molecule has 1 N–H and O–H groups in total. The number of carbonyl (C=O) groups excluding carboxylic acids is 1. The molecule has 0 aliphatic heterocycles. The van der Waals surface area contributed by atoms with E-state index in [1.54, 1.807) is 19.2 Å². The molecule has 0 heterocycles. The Bertz CT molecular complexity index is 859. The van der Waals surface area contributed by atoms with Crippen molar-refractivity contribution >= 4 is 21.4 Å². The number of methoxy groups -OCH3 is 1. The molecule has 6 heteroatoms. The first kappa shape index (κ1) is 16.5. The van der Waals surface area contributed by atoms with Crippen LogP contribution >= 0.6 is 0 Å². The molecule has 0 radical (unpaired) electrons. The van der Waals surface area contributed by atoms with Crippen molar-refractivity contribution in [3.8, 4) is 5.75 Å². The lowest BCUT2D eigenvalue weighted by Gasteiger charge is -2.07. The van der Waals surface area contributed by atoms with Crippen LogP contribution in [0.2, 0.25) is 0 Å². The molecule has 2 aromatic rings. The number of carbonyl (C=O) groups is 1. The summed E-state index contributed by atoms with van der Waals surface area (Å²) in [6.45, 7) is 0. The zero-order chi connectivity index (χ0) is 17.3. The highest BCUT2D eigenvalue weighted by Crippen LogP contribution is 2.48. The summed E-state index contributed by atoms with van der Waals surface area (Å²) in [6.07, 6.45) is 1.96. The summed E-state index contributed by atoms with van der Waals surface area (Å²) in [5.41, 5.74) is 1.70. The van der Waals surface area contributed by atoms with Crippen molar-refractivity contribution in [2.24, 2.45) is 5.92 Å². The Balaban J connectivity index is 1.64. The van der Waals surface area contributed by atoms with E-state index < -0.39 is 9.84 Å². The van der Waals surface area contributed by atoms with Crippen molar-refractivity contribution in [3.05, 3.63) is 54.1 Å². The van der Waals surface area contributed by atoms with Gasteiger partial charge in [0.2, 0.25) is 5.91 Å². The minimum Gasteiger partial charge on any atom is -0.497 e. The monoisotopic (exact) mass is 345 g/mol. The predicted molar refractivity (Wildman–Crippen MR) is 92.0 cm³/mol. The van der Waals surface area contributed by atoms with Crippen molar-refractivity contribution < 1.29 is 17.9 Å². The number of benzene rings is 2. The first-order chi connectivity index (χ1) is 11.4. The van der Waals surface area contributed by atoms with E-state index in [4.69, 9.17) is 4.74 Å². The Kier molecular flexibility index (Phi) is 4.32. The lowest BCUT2D eigenvalue weighted by Crippen LogP contribution is -2.14. The normalized spacial score (nSPS) is 19.6. The highest BCUT2D eigenvalue weighted by molar-refractivity contribution is 7.90. The molecule has 2 aromatic carbocycles. The summed E-state index contributed by atoms with van der Waals surface area (Å²) in [5.74, 6) is 0.881. The first-order valence-electron chi connectivity index (χ1n) is 7.63. The third-order valence-electron chi connectivity index (χ3n) is 4.20. The van der Waals surface area contributed by atoms with E-state index in [9.17, 15) is 13.2 Å². The van der Waals surface area contributed by atoms with E-state index in [1.807, 2.05) is 24.3 Å². The Morgan fingerprint density at radius 2 is 1.88 bits per heavy atom. The molecule has 2 atom stereocenters. The topological polar surface area (TPSA) is 72.5 Å². The summed E-state index contributed by atoms with van der Waals surface area (Å²) < 4.78 is 28.1. The van der Waals surface area contributed by atoms with Crippen LogP contribution in [0.15, 0.2) is 53.4 Å². The lowest BCUT2D eigenvalue weighted by atomic mass is 10.1. The van der Waals surface area contributed by atoms with Crippen molar-refractivity contribution in [3.63, 3.8) is 0 Å². The number of nitrogens with one attached hydrogen (secondary N) is 1. The third kappa shape index (κ3) is 3.59. The number of anilines is 1. The van der Waals surface area contributed by atoms with E-state index >= 15 is 0 Å². The van der Waals surface area contributed by atoms with Crippen LogP contribution in [0.1, 0.15) is 17.9 Å². The molecule has 0 spiro atoms. The maximum absolute atomic E-state index is 12.3. The Morgan fingerprint density at radius 1 is 1.17 bits per heavy atom. The summed E-state index contributed by atoms with van der Waals surface area (Å²) >= 11 is 0. The van der Waals surface area contributed by atoms with E-state index in [2.05, 4.69) is 5.32 Å². The van der Waals surface area contributed by atoms with Crippen LogP contribution in [0, 0.1) is 5.92 Å². The van der Waals surface area contributed by atoms with E-state index in [-0.39, 0.29) is 22.6 Å². The van der Waals surface area contributed by atoms with Crippen molar-refractivity contribution in [2.75, 3.05) is 18.7 Å². The summed E-state index contributed by atoms with van der Waals surface area (Å²) in [6, 6.07) is 14.0. The van der Waals surface area contributed by atoms with Gasteiger partial charge in [0.05, 0.1) is 12.0 Å². The molecule has 1 aliphatic carbocycles. The van der Waals surface area contributed by atoms with Gasteiger partial charge in [-0.05, 0) is 54.3 Å².